The van der Waals surface area contributed by atoms with Crippen LogP contribution < -0.4 is 10.1 Å². The molecule has 6 rings (SSSR count). The zero-order chi connectivity index (χ0) is 19.8. The lowest BCUT2D eigenvalue weighted by molar-refractivity contribution is -0.195. The average molecular weight is 395 g/mol. The first-order valence-electron chi connectivity index (χ1n) is 9.69. The Morgan fingerprint density at radius 1 is 1.10 bits per heavy atom. The number of hydrogen-bond donors (Lipinski definition) is 1. The molecular formula is C20H21N5O4. The van der Waals surface area contributed by atoms with Crippen LogP contribution in [0, 0.1) is 6.92 Å². The van der Waals surface area contributed by atoms with E-state index in [2.05, 4.69) is 27.2 Å². The van der Waals surface area contributed by atoms with Gasteiger partial charge in [-0.15, -0.1) is 0 Å². The van der Waals surface area contributed by atoms with E-state index in [4.69, 9.17) is 18.9 Å². The first-order chi connectivity index (χ1) is 14.0. The van der Waals surface area contributed by atoms with Crippen LogP contribution in [0.3, 0.4) is 0 Å². The largest absolute Gasteiger partial charge is 0.462 e. The molecule has 150 valence electrons. The van der Waals surface area contributed by atoms with Crippen molar-refractivity contribution in [3.05, 3.63) is 36.2 Å². The maximum Gasteiger partial charge on any atom is 0.301 e. The molecule has 0 unspecified atom stereocenters. The van der Waals surface area contributed by atoms with Crippen molar-refractivity contribution in [2.45, 2.75) is 51.1 Å². The zero-order valence-electron chi connectivity index (χ0n) is 16.3. The predicted octanol–water partition coefficient (Wildman–Crippen LogP) is 2.69. The maximum atomic E-state index is 6.21. The summed E-state index contributed by atoms with van der Waals surface area (Å²) in [6.45, 7) is 6.22. The molecule has 2 aromatic heterocycles. The van der Waals surface area contributed by atoms with Gasteiger partial charge < -0.3 is 24.3 Å². The molecule has 0 aliphatic carbocycles. The van der Waals surface area contributed by atoms with Crippen LogP contribution in [0.5, 0.6) is 6.01 Å². The van der Waals surface area contributed by atoms with Crippen molar-refractivity contribution in [1.29, 1.82) is 0 Å². The highest BCUT2D eigenvalue weighted by molar-refractivity contribution is 5.86. The average Bonchev–Trinajstić information content (AvgIpc) is 3.26. The number of fused-ring (bicyclic) bond motifs is 9. The fourth-order valence-electron chi connectivity index (χ4n) is 4.24. The number of benzene rings is 1. The van der Waals surface area contributed by atoms with Crippen molar-refractivity contribution in [2.24, 2.45) is 0 Å². The number of anilines is 2. The molecule has 1 N–H and O–H groups in total. The topological polar surface area (TPSA) is 92.6 Å². The van der Waals surface area contributed by atoms with Gasteiger partial charge in [0, 0.05) is 5.69 Å². The molecular weight excluding hydrogens is 374 g/mol. The van der Waals surface area contributed by atoms with Gasteiger partial charge in [-0.2, -0.15) is 4.98 Å². The van der Waals surface area contributed by atoms with Crippen LogP contribution in [-0.4, -0.2) is 50.2 Å². The third kappa shape index (κ3) is 2.61. The molecule has 29 heavy (non-hydrogen) atoms. The van der Waals surface area contributed by atoms with Gasteiger partial charge in [-0.3, -0.25) is 0 Å². The minimum atomic E-state index is -0.663. The van der Waals surface area contributed by atoms with E-state index in [1.54, 1.807) is 0 Å². The number of aromatic nitrogens is 4. The van der Waals surface area contributed by atoms with E-state index in [9.17, 15) is 0 Å². The summed E-state index contributed by atoms with van der Waals surface area (Å²) in [7, 11) is 0. The van der Waals surface area contributed by atoms with Gasteiger partial charge in [-0.05, 0) is 32.9 Å². The highest BCUT2D eigenvalue weighted by atomic mass is 16.8. The fourth-order valence-corrected chi connectivity index (χ4v) is 4.24. The third-order valence-electron chi connectivity index (χ3n) is 5.52. The van der Waals surface area contributed by atoms with Gasteiger partial charge >= 0.3 is 6.01 Å². The second-order valence-electron chi connectivity index (χ2n) is 8.09. The van der Waals surface area contributed by atoms with Crippen molar-refractivity contribution >= 4 is 22.7 Å². The van der Waals surface area contributed by atoms with E-state index in [0.717, 1.165) is 5.69 Å². The Hall–Kier alpha value is -2.75. The van der Waals surface area contributed by atoms with E-state index in [-0.39, 0.29) is 18.3 Å². The van der Waals surface area contributed by atoms with Crippen LogP contribution in [0.15, 0.2) is 30.6 Å². The van der Waals surface area contributed by atoms with Crippen molar-refractivity contribution in [1.82, 2.24) is 19.5 Å². The number of rotatable bonds is 2. The Balaban J connectivity index is 1.43. The first kappa shape index (κ1) is 17.1. The lowest BCUT2D eigenvalue weighted by Gasteiger charge is -2.22. The third-order valence-corrected chi connectivity index (χ3v) is 5.52. The van der Waals surface area contributed by atoms with E-state index >= 15 is 0 Å². The lowest BCUT2D eigenvalue weighted by Crippen LogP contribution is -2.34. The van der Waals surface area contributed by atoms with Crippen molar-refractivity contribution in [3.63, 3.8) is 0 Å². The zero-order valence-corrected chi connectivity index (χ0v) is 16.3. The van der Waals surface area contributed by atoms with E-state index in [1.807, 2.05) is 42.7 Å². The molecule has 2 saturated heterocycles. The Bertz CT molecular complexity index is 1100. The Morgan fingerprint density at radius 3 is 2.72 bits per heavy atom. The summed E-state index contributed by atoms with van der Waals surface area (Å²) < 4.78 is 26.2. The van der Waals surface area contributed by atoms with Crippen LogP contribution >= 0.6 is 0 Å². The molecule has 0 amide bonds. The van der Waals surface area contributed by atoms with Gasteiger partial charge in [0.1, 0.15) is 31.2 Å². The normalized spacial score (nSPS) is 29.2. The van der Waals surface area contributed by atoms with Crippen LogP contribution in [0.4, 0.5) is 11.5 Å². The van der Waals surface area contributed by atoms with Crippen molar-refractivity contribution in [2.75, 3.05) is 11.9 Å². The van der Waals surface area contributed by atoms with E-state index in [1.165, 1.54) is 11.9 Å². The number of ether oxygens (including phenoxy) is 4. The van der Waals surface area contributed by atoms with Gasteiger partial charge in [0.2, 0.25) is 0 Å². The quantitative estimate of drug-likeness (QED) is 0.708. The van der Waals surface area contributed by atoms with Crippen LogP contribution in [0.2, 0.25) is 0 Å². The van der Waals surface area contributed by atoms with Gasteiger partial charge in [0.05, 0.1) is 0 Å². The maximum absolute atomic E-state index is 6.21. The molecule has 4 atom stereocenters. The second-order valence-corrected chi connectivity index (χ2v) is 8.09. The Kier molecular flexibility index (Phi) is 3.48. The molecule has 3 aromatic rings. The summed E-state index contributed by atoms with van der Waals surface area (Å²) in [6, 6.07) is 8.53. The molecule has 9 heteroatoms. The van der Waals surface area contributed by atoms with Gasteiger partial charge in [-0.25, -0.2) is 14.5 Å². The number of hydrogen-bond acceptors (Lipinski definition) is 8. The summed E-state index contributed by atoms with van der Waals surface area (Å²) >= 11 is 0. The second kappa shape index (κ2) is 5.88. The number of imidazole rings is 1. The SMILES string of the molecule is Cc1ccc(Nc2ncnc3c2nc2n3[C@@H]3O[C@H](CO2)[C@H]2OC(C)(C)O[C@H]23)cc1. The number of aryl methyl sites for hydroxylation is 1. The predicted molar refractivity (Wildman–Crippen MR) is 103 cm³/mol. The Labute approximate surface area is 167 Å². The summed E-state index contributed by atoms with van der Waals surface area (Å²) in [4.78, 5) is 13.5. The van der Waals surface area contributed by atoms with Gasteiger partial charge in [-0.1, -0.05) is 17.7 Å². The number of nitrogens with zero attached hydrogens (tertiary/aromatic N) is 4. The molecule has 5 heterocycles. The van der Waals surface area contributed by atoms with Crippen molar-refractivity contribution in [3.8, 4) is 6.01 Å². The summed E-state index contributed by atoms with van der Waals surface area (Å²) in [5.41, 5.74) is 3.36. The van der Waals surface area contributed by atoms with Crippen LogP contribution in [-0.2, 0) is 14.2 Å². The molecule has 9 nitrogen and oxygen atoms in total. The fraction of sp³-hybridized carbons (Fsp3) is 0.450. The van der Waals surface area contributed by atoms with Gasteiger partial charge in [0.15, 0.2) is 29.0 Å². The highest BCUT2D eigenvalue weighted by Crippen LogP contribution is 2.47. The molecule has 3 aliphatic heterocycles. The van der Waals surface area contributed by atoms with Crippen molar-refractivity contribution < 1.29 is 18.9 Å². The highest BCUT2D eigenvalue weighted by Gasteiger charge is 2.58. The number of nitrogens with one attached hydrogen (secondary N) is 1. The van der Waals surface area contributed by atoms with Gasteiger partial charge in [0.25, 0.3) is 0 Å². The minimum absolute atomic E-state index is 0.187. The standard InChI is InChI=1S/C20H21N5O4/c1-10-4-6-11(7-5-10)23-16-13-17(22-9-21-16)25-18-15-14(28-20(2,3)29-15)12(27-18)8-26-19(25)24-13/h4-7,9,12,14-15,18H,8H2,1-3H3,(H,21,22,23)/t12-,14-,15-,18-/m1/s1. The summed E-state index contributed by atoms with van der Waals surface area (Å²) in [6.07, 6.45) is 0.441. The molecule has 0 spiro atoms. The lowest BCUT2D eigenvalue weighted by atomic mass is 10.1. The van der Waals surface area contributed by atoms with E-state index < -0.39 is 12.0 Å². The summed E-state index contributed by atoms with van der Waals surface area (Å²) in [5, 5.41) is 3.32. The molecule has 1 aromatic carbocycles. The first-order valence-corrected chi connectivity index (χ1v) is 9.69. The van der Waals surface area contributed by atoms with Crippen LogP contribution in [0.25, 0.3) is 11.2 Å². The molecule has 0 saturated carbocycles. The smallest absolute Gasteiger partial charge is 0.301 e. The Morgan fingerprint density at radius 2 is 1.90 bits per heavy atom. The minimum Gasteiger partial charge on any atom is -0.462 e. The molecule has 3 aliphatic rings. The summed E-state index contributed by atoms with van der Waals surface area (Å²) in [5.74, 6) is -0.0538. The van der Waals surface area contributed by atoms with E-state index in [0.29, 0.717) is 29.6 Å². The molecule has 2 fully saturated rings. The molecule has 2 bridgehead atoms. The monoisotopic (exact) mass is 395 g/mol. The molecule has 0 radical (unpaired) electrons. The van der Waals surface area contributed by atoms with Crippen LogP contribution in [0.1, 0.15) is 25.6 Å².